The maximum atomic E-state index is 12.6. The van der Waals surface area contributed by atoms with Crippen molar-refractivity contribution in [2.24, 2.45) is 0 Å². The Morgan fingerprint density at radius 3 is 1.50 bits per heavy atom. The van der Waals surface area contributed by atoms with E-state index in [1.807, 2.05) is 74.5 Å². The smallest absolute Gasteiger partial charge is 0.253 e. The van der Waals surface area contributed by atoms with E-state index in [4.69, 9.17) is 0 Å². The molecule has 0 saturated carbocycles. The maximum Gasteiger partial charge on any atom is 0.253 e. The fourth-order valence-electron chi connectivity index (χ4n) is 2.83. The van der Waals surface area contributed by atoms with Gasteiger partial charge in [0.2, 0.25) is 0 Å². The van der Waals surface area contributed by atoms with Crippen molar-refractivity contribution in [2.45, 2.75) is 20.3 Å². The quantitative estimate of drug-likeness (QED) is 0.788. The van der Waals surface area contributed by atoms with E-state index in [-0.39, 0.29) is 18.2 Å². The molecule has 0 fully saturated rings. The molecule has 1 aliphatic heterocycles. The molecule has 0 spiro atoms. The number of carbonyl (C=O) groups is 2. The number of rotatable bonds is 4. The second-order valence-electron chi connectivity index (χ2n) is 6.15. The molecule has 2 amide bonds. The SMILES string of the molecule is CC1=C(C(=O)Nc2ccccc2)CC(C(=O)Nc2ccccc2)=C(C)N1. The summed E-state index contributed by atoms with van der Waals surface area (Å²) in [5.74, 6) is -0.419. The molecule has 0 aromatic heterocycles. The zero-order valence-corrected chi connectivity index (χ0v) is 14.8. The summed E-state index contributed by atoms with van der Waals surface area (Å²) in [6.07, 6.45) is 0.280. The lowest BCUT2D eigenvalue weighted by atomic mass is 9.96. The van der Waals surface area contributed by atoms with Gasteiger partial charge >= 0.3 is 0 Å². The predicted octanol–water partition coefficient (Wildman–Crippen LogP) is 3.81. The van der Waals surface area contributed by atoms with Crippen LogP contribution in [-0.4, -0.2) is 11.8 Å². The van der Waals surface area contributed by atoms with Crippen molar-refractivity contribution >= 4 is 23.2 Å². The van der Waals surface area contributed by atoms with Crippen LogP contribution >= 0.6 is 0 Å². The molecule has 5 nitrogen and oxygen atoms in total. The second kappa shape index (κ2) is 7.70. The minimum absolute atomic E-state index is 0.210. The number of carbonyl (C=O) groups excluding carboxylic acids is 2. The molecule has 1 aliphatic rings. The Balaban J connectivity index is 1.74. The first-order chi connectivity index (χ1) is 12.5. The molecule has 1 heterocycles. The molecule has 0 unspecified atom stereocenters. The summed E-state index contributed by atoms with van der Waals surface area (Å²) < 4.78 is 0. The average Bonchev–Trinajstić information content (AvgIpc) is 2.63. The number of nitrogens with one attached hydrogen (secondary N) is 3. The first-order valence-electron chi connectivity index (χ1n) is 8.44. The average molecular weight is 347 g/mol. The number of amides is 2. The molecule has 2 aromatic carbocycles. The van der Waals surface area contributed by atoms with Crippen molar-refractivity contribution in [3.05, 3.63) is 83.2 Å². The largest absolute Gasteiger partial charge is 0.362 e. The van der Waals surface area contributed by atoms with E-state index in [9.17, 15) is 9.59 Å². The molecule has 26 heavy (non-hydrogen) atoms. The van der Waals surface area contributed by atoms with Crippen molar-refractivity contribution in [1.29, 1.82) is 0 Å². The fraction of sp³-hybridized carbons (Fsp3) is 0.143. The van der Waals surface area contributed by atoms with Crippen molar-refractivity contribution in [3.8, 4) is 0 Å². The van der Waals surface area contributed by atoms with Crippen molar-refractivity contribution in [3.63, 3.8) is 0 Å². The summed E-state index contributed by atoms with van der Waals surface area (Å²) in [6.45, 7) is 3.69. The Labute approximate surface area is 152 Å². The zero-order valence-electron chi connectivity index (χ0n) is 14.8. The van der Waals surface area contributed by atoms with E-state index in [1.54, 1.807) is 0 Å². The highest BCUT2D eigenvalue weighted by Gasteiger charge is 2.25. The molecule has 0 atom stereocenters. The van der Waals surface area contributed by atoms with Crippen molar-refractivity contribution in [1.82, 2.24) is 5.32 Å². The monoisotopic (exact) mass is 347 g/mol. The molecule has 3 rings (SSSR count). The molecular weight excluding hydrogens is 326 g/mol. The number of benzene rings is 2. The van der Waals surface area contributed by atoms with Crippen LogP contribution in [0.25, 0.3) is 0 Å². The van der Waals surface area contributed by atoms with Gasteiger partial charge < -0.3 is 16.0 Å². The number of allylic oxidation sites excluding steroid dienone is 2. The topological polar surface area (TPSA) is 70.2 Å². The lowest BCUT2D eigenvalue weighted by molar-refractivity contribution is -0.113. The Kier molecular flexibility index (Phi) is 5.17. The standard InChI is InChI=1S/C21H21N3O2/c1-14-18(20(25)23-16-9-5-3-6-10-16)13-19(15(2)22-14)21(26)24-17-11-7-4-8-12-17/h3-12,22H,13H2,1-2H3,(H,23,25)(H,24,26). The Morgan fingerprint density at radius 2 is 1.12 bits per heavy atom. The zero-order chi connectivity index (χ0) is 18.5. The molecule has 132 valence electrons. The minimum atomic E-state index is -0.210. The number of hydrogen-bond donors (Lipinski definition) is 3. The lowest BCUT2D eigenvalue weighted by Gasteiger charge is -2.23. The van der Waals surface area contributed by atoms with Gasteiger partial charge in [-0.2, -0.15) is 0 Å². The van der Waals surface area contributed by atoms with E-state index < -0.39 is 0 Å². The van der Waals surface area contributed by atoms with Gasteiger partial charge in [-0.15, -0.1) is 0 Å². The third kappa shape index (κ3) is 4.00. The van der Waals surface area contributed by atoms with Gasteiger partial charge in [-0.1, -0.05) is 36.4 Å². The number of dihydropyridines is 1. The van der Waals surface area contributed by atoms with Gasteiger partial charge in [0.05, 0.1) is 0 Å². The first kappa shape index (κ1) is 17.5. The van der Waals surface area contributed by atoms with Gasteiger partial charge in [0.15, 0.2) is 0 Å². The Bertz CT molecular complexity index is 810. The third-order valence-electron chi connectivity index (χ3n) is 4.25. The summed E-state index contributed by atoms with van der Waals surface area (Å²) in [6, 6.07) is 18.5. The van der Waals surface area contributed by atoms with E-state index in [1.165, 1.54) is 0 Å². The molecule has 0 aliphatic carbocycles. The van der Waals surface area contributed by atoms with Crippen LogP contribution in [0.3, 0.4) is 0 Å². The highest BCUT2D eigenvalue weighted by Crippen LogP contribution is 2.25. The van der Waals surface area contributed by atoms with Gasteiger partial charge in [-0.3, -0.25) is 9.59 Å². The summed E-state index contributed by atoms with van der Waals surface area (Å²) >= 11 is 0. The highest BCUT2D eigenvalue weighted by atomic mass is 16.2. The van der Waals surface area contributed by atoms with Gasteiger partial charge in [-0.05, 0) is 38.1 Å². The summed E-state index contributed by atoms with van der Waals surface area (Å²) in [5.41, 5.74) is 4.06. The van der Waals surface area contributed by atoms with Crippen LogP contribution < -0.4 is 16.0 Å². The fourth-order valence-corrected chi connectivity index (χ4v) is 2.83. The van der Waals surface area contributed by atoms with Crippen LogP contribution in [0.2, 0.25) is 0 Å². The van der Waals surface area contributed by atoms with Crippen LogP contribution in [0.4, 0.5) is 11.4 Å². The van der Waals surface area contributed by atoms with E-state index in [0.717, 1.165) is 22.8 Å². The number of hydrogen-bond acceptors (Lipinski definition) is 3. The third-order valence-corrected chi connectivity index (χ3v) is 4.25. The molecule has 0 radical (unpaired) electrons. The molecule has 0 bridgehead atoms. The van der Waals surface area contributed by atoms with Crippen molar-refractivity contribution < 1.29 is 9.59 Å². The van der Waals surface area contributed by atoms with E-state index in [2.05, 4.69) is 16.0 Å². The summed E-state index contributed by atoms with van der Waals surface area (Å²) in [5, 5.41) is 8.90. The molecular formula is C21H21N3O2. The number of para-hydroxylation sites is 2. The normalized spacial score (nSPS) is 13.9. The van der Waals surface area contributed by atoms with Crippen LogP contribution in [0.1, 0.15) is 20.3 Å². The molecule has 5 heteroatoms. The highest BCUT2D eigenvalue weighted by molar-refractivity contribution is 6.09. The molecule has 2 aromatic rings. The molecule has 3 N–H and O–H groups in total. The molecule has 0 saturated heterocycles. The van der Waals surface area contributed by atoms with Crippen LogP contribution in [0.5, 0.6) is 0 Å². The van der Waals surface area contributed by atoms with Gasteiger partial charge in [-0.25, -0.2) is 0 Å². The van der Waals surface area contributed by atoms with Gasteiger partial charge in [0.1, 0.15) is 0 Å². The second-order valence-corrected chi connectivity index (χ2v) is 6.15. The van der Waals surface area contributed by atoms with Crippen LogP contribution in [0, 0.1) is 0 Å². The lowest BCUT2D eigenvalue weighted by Crippen LogP contribution is -2.29. The van der Waals surface area contributed by atoms with Crippen LogP contribution in [-0.2, 0) is 9.59 Å². The summed E-state index contributed by atoms with van der Waals surface area (Å²) in [4.78, 5) is 25.3. The predicted molar refractivity (Wildman–Crippen MR) is 103 cm³/mol. The maximum absolute atomic E-state index is 12.6. The first-order valence-corrected chi connectivity index (χ1v) is 8.44. The van der Waals surface area contributed by atoms with E-state index in [0.29, 0.717) is 11.1 Å². The minimum Gasteiger partial charge on any atom is -0.362 e. The summed E-state index contributed by atoms with van der Waals surface area (Å²) in [7, 11) is 0. The van der Waals surface area contributed by atoms with Gasteiger partial charge in [0, 0.05) is 40.3 Å². The number of anilines is 2. The van der Waals surface area contributed by atoms with Crippen LogP contribution in [0.15, 0.2) is 83.2 Å². The Hall–Kier alpha value is -3.34. The van der Waals surface area contributed by atoms with E-state index >= 15 is 0 Å². The van der Waals surface area contributed by atoms with Gasteiger partial charge in [0.25, 0.3) is 11.8 Å². The van der Waals surface area contributed by atoms with Crippen molar-refractivity contribution in [2.75, 3.05) is 10.6 Å². The Morgan fingerprint density at radius 1 is 0.731 bits per heavy atom.